The highest BCUT2D eigenvalue weighted by atomic mass is 16.5. The summed E-state index contributed by atoms with van der Waals surface area (Å²) < 4.78 is 11.0. The molecule has 5 rings (SSSR count). The first-order valence-electron chi connectivity index (χ1n) is 13.8. The lowest BCUT2D eigenvalue weighted by molar-refractivity contribution is -0.130. The SMILES string of the molecule is CC(=O)N1CCC(Cc2cc(C(=O)NC[C@H](O)CN3CCc4cc(OCc5cnco5)ccc4C3)ncn2)CC1. The van der Waals surface area contributed by atoms with Crippen molar-refractivity contribution in [2.75, 3.05) is 32.7 Å². The van der Waals surface area contributed by atoms with Gasteiger partial charge in [0.25, 0.3) is 5.91 Å². The van der Waals surface area contributed by atoms with E-state index in [1.54, 1.807) is 19.2 Å². The maximum absolute atomic E-state index is 12.7. The number of aromatic nitrogens is 3. The lowest BCUT2D eigenvalue weighted by Gasteiger charge is -2.31. The van der Waals surface area contributed by atoms with Crippen molar-refractivity contribution < 1.29 is 23.8 Å². The third kappa shape index (κ3) is 7.42. The first kappa shape index (κ1) is 27.7. The summed E-state index contributed by atoms with van der Waals surface area (Å²) in [5.41, 5.74) is 3.56. The molecular weight excluding hydrogens is 512 g/mol. The molecule has 1 atom stereocenters. The minimum Gasteiger partial charge on any atom is -0.486 e. The van der Waals surface area contributed by atoms with Gasteiger partial charge in [0.1, 0.15) is 24.4 Å². The quantitative estimate of drug-likeness (QED) is 0.390. The molecule has 0 unspecified atom stereocenters. The number of aliphatic hydroxyl groups excluding tert-OH is 1. The second kappa shape index (κ2) is 13.0. The molecule has 4 heterocycles. The Morgan fingerprint density at radius 3 is 2.80 bits per heavy atom. The van der Waals surface area contributed by atoms with Crippen LogP contribution in [0.25, 0.3) is 0 Å². The molecule has 11 heteroatoms. The molecule has 2 aromatic heterocycles. The Balaban J connectivity index is 1.05. The van der Waals surface area contributed by atoms with Gasteiger partial charge >= 0.3 is 0 Å². The topological polar surface area (TPSA) is 134 Å². The molecule has 2 aliphatic heterocycles. The molecule has 0 spiro atoms. The van der Waals surface area contributed by atoms with Crippen LogP contribution < -0.4 is 10.1 Å². The standard InChI is InChI=1S/C29H36N6O5/c1-20(36)35-8-4-21(5-9-35)10-24-12-28(33-18-32-24)29(38)31-13-25(37)16-34-7-6-22-11-26(3-2-23(22)15-34)39-17-27-14-30-19-40-27/h2-3,11-12,14,18-19,21,25,37H,4-10,13,15-17H2,1H3,(H,31,38)/t25-/m0/s1. The van der Waals surface area contributed by atoms with Crippen LogP contribution >= 0.6 is 0 Å². The summed E-state index contributed by atoms with van der Waals surface area (Å²) in [7, 11) is 0. The number of carbonyl (C=O) groups is 2. The van der Waals surface area contributed by atoms with Crippen molar-refractivity contribution in [2.24, 2.45) is 5.92 Å². The Hall–Kier alpha value is -3.83. The fourth-order valence-electron chi connectivity index (χ4n) is 5.35. The number of nitrogens with one attached hydrogen (secondary N) is 1. The first-order chi connectivity index (χ1) is 19.4. The highest BCUT2D eigenvalue weighted by Crippen LogP contribution is 2.25. The number of piperidine rings is 1. The summed E-state index contributed by atoms with van der Waals surface area (Å²) in [6.45, 7) is 5.59. The Morgan fingerprint density at radius 2 is 2.02 bits per heavy atom. The minimum atomic E-state index is -0.706. The number of fused-ring (bicyclic) bond motifs is 1. The molecule has 0 saturated carbocycles. The molecule has 2 aliphatic rings. The van der Waals surface area contributed by atoms with Gasteiger partial charge in [-0.05, 0) is 60.9 Å². The fourth-order valence-corrected chi connectivity index (χ4v) is 5.35. The van der Waals surface area contributed by atoms with Gasteiger partial charge in [0.2, 0.25) is 5.91 Å². The van der Waals surface area contributed by atoms with E-state index in [9.17, 15) is 14.7 Å². The highest BCUT2D eigenvalue weighted by molar-refractivity contribution is 5.92. The van der Waals surface area contributed by atoms with Gasteiger partial charge in [-0.15, -0.1) is 0 Å². The zero-order valence-corrected chi connectivity index (χ0v) is 22.8. The van der Waals surface area contributed by atoms with Gasteiger partial charge in [-0.1, -0.05) is 6.07 Å². The van der Waals surface area contributed by atoms with Gasteiger partial charge in [-0.2, -0.15) is 0 Å². The summed E-state index contributed by atoms with van der Waals surface area (Å²) in [5.74, 6) is 1.68. The molecule has 0 radical (unpaired) electrons. The van der Waals surface area contributed by atoms with Crippen molar-refractivity contribution in [1.82, 2.24) is 30.1 Å². The first-order valence-corrected chi connectivity index (χ1v) is 13.8. The second-order valence-corrected chi connectivity index (χ2v) is 10.6. The van der Waals surface area contributed by atoms with E-state index in [0.717, 1.165) is 63.3 Å². The molecule has 2 amide bonds. The summed E-state index contributed by atoms with van der Waals surface area (Å²) in [6, 6.07) is 7.79. The van der Waals surface area contributed by atoms with Crippen molar-refractivity contribution in [3.63, 3.8) is 0 Å². The zero-order valence-electron chi connectivity index (χ0n) is 22.8. The number of rotatable bonds is 10. The number of ether oxygens (including phenoxy) is 1. The monoisotopic (exact) mass is 548 g/mol. The van der Waals surface area contributed by atoms with Crippen LogP contribution in [0.3, 0.4) is 0 Å². The molecule has 0 aliphatic carbocycles. The average Bonchev–Trinajstić information content (AvgIpc) is 3.49. The summed E-state index contributed by atoms with van der Waals surface area (Å²) in [6.07, 6.45) is 7.20. The smallest absolute Gasteiger partial charge is 0.270 e. The van der Waals surface area contributed by atoms with Gasteiger partial charge in [0, 0.05) is 51.9 Å². The van der Waals surface area contributed by atoms with Crippen molar-refractivity contribution in [1.29, 1.82) is 0 Å². The van der Waals surface area contributed by atoms with Gasteiger partial charge < -0.3 is 24.5 Å². The molecule has 1 fully saturated rings. The van der Waals surface area contributed by atoms with Crippen LogP contribution in [0.1, 0.15) is 52.8 Å². The van der Waals surface area contributed by atoms with Gasteiger partial charge in [0.05, 0.1) is 12.3 Å². The summed E-state index contributed by atoms with van der Waals surface area (Å²) in [4.78, 5) is 40.7. The second-order valence-electron chi connectivity index (χ2n) is 10.6. The molecule has 0 bridgehead atoms. The lowest BCUT2D eigenvalue weighted by atomic mass is 9.92. The Morgan fingerprint density at radius 1 is 1.18 bits per heavy atom. The van der Waals surface area contributed by atoms with Gasteiger partial charge in [-0.3, -0.25) is 14.5 Å². The van der Waals surface area contributed by atoms with E-state index in [2.05, 4.69) is 37.3 Å². The molecular formula is C29H36N6O5. The third-order valence-electron chi connectivity index (χ3n) is 7.61. The Bertz CT molecular complexity index is 1290. The zero-order chi connectivity index (χ0) is 27.9. The molecule has 1 aromatic carbocycles. The van der Waals surface area contributed by atoms with Crippen LogP contribution in [0.15, 0.2) is 47.6 Å². The van der Waals surface area contributed by atoms with E-state index in [1.807, 2.05) is 11.0 Å². The molecule has 3 aromatic rings. The van der Waals surface area contributed by atoms with Crippen LogP contribution in [-0.4, -0.2) is 80.5 Å². The summed E-state index contributed by atoms with van der Waals surface area (Å²) >= 11 is 0. The number of hydrogen-bond donors (Lipinski definition) is 2. The van der Waals surface area contributed by atoms with E-state index in [4.69, 9.17) is 9.15 Å². The van der Waals surface area contributed by atoms with Crippen LogP contribution in [-0.2, 0) is 30.8 Å². The minimum absolute atomic E-state index is 0.117. The van der Waals surface area contributed by atoms with Crippen molar-refractivity contribution in [2.45, 2.75) is 51.9 Å². The fraction of sp³-hybridized carbons (Fsp3) is 0.483. The number of carbonyl (C=O) groups excluding carboxylic acids is 2. The largest absolute Gasteiger partial charge is 0.486 e. The maximum atomic E-state index is 12.7. The number of hydrogen-bond acceptors (Lipinski definition) is 9. The van der Waals surface area contributed by atoms with Crippen molar-refractivity contribution in [3.05, 3.63) is 71.5 Å². The lowest BCUT2D eigenvalue weighted by Crippen LogP contribution is -2.42. The molecule has 212 valence electrons. The van der Waals surface area contributed by atoms with Crippen LogP contribution in [0.4, 0.5) is 0 Å². The number of benzene rings is 1. The number of aliphatic hydroxyl groups is 1. The van der Waals surface area contributed by atoms with Crippen LogP contribution in [0, 0.1) is 5.92 Å². The predicted octanol–water partition coefficient (Wildman–Crippen LogP) is 1.99. The van der Waals surface area contributed by atoms with Crippen molar-refractivity contribution in [3.8, 4) is 5.75 Å². The van der Waals surface area contributed by atoms with Crippen molar-refractivity contribution >= 4 is 11.8 Å². The predicted molar refractivity (Wildman–Crippen MR) is 145 cm³/mol. The van der Waals surface area contributed by atoms with Crippen LogP contribution in [0.2, 0.25) is 0 Å². The normalized spacial score (nSPS) is 16.8. The number of amides is 2. The maximum Gasteiger partial charge on any atom is 0.270 e. The van der Waals surface area contributed by atoms with E-state index in [1.165, 1.54) is 23.8 Å². The molecule has 2 N–H and O–H groups in total. The van der Waals surface area contributed by atoms with Gasteiger partial charge in [0.15, 0.2) is 12.2 Å². The number of oxazole rings is 1. The summed E-state index contributed by atoms with van der Waals surface area (Å²) in [5, 5.41) is 13.4. The van der Waals surface area contributed by atoms with E-state index in [0.29, 0.717) is 30.5 Å². The Labute approximate surface area is 233 Å². The third-order valence-corrected chi connectivity index (χ3v) is 7.61. The number of nitrogens with zero attached hydrogens (tertiary/aromatic N) is 5. The van der Waals surface area contributed by atoms with E-state index < -0.39 is 6.10 Å². The molecule has 40 heavy (non-hydrogen) atoms. The van der Waals surface area contributed by atoms with E-state index in [-0.39, 0.29) is 18.4 Å². The van der Waals surface area contributed by atoms with Gasteiger partial charge in [-0.25, -0.2) is 15.0 Å². The van der Waals surface area contributed by atoms with E-state index >= 15 is 0 Å². The molecule has 1 saturated heterocycles. The Kier molecular flexibility index (Phi) is 9.02. The van der Waals surface area contributed by atoms with Crippen LogP contribution in [0.5, 0.6) is 5.75 Å². The highest BCUT2D eigenvalue weighted by Gasteiger charge is 2.23. The number of likely N-dealkylation sites (tertiary alicyclic amines) is 1. The molecule has 11 nitrogen and oxygen atoms in total. The number of β-amino-alcohol motifs (C(OH)–C–C–N with tert-alkyl or cyclic N) is 1. The average molecular weight is 549 g/mol.